The minimum Gasteiger partial charge on any atom is -0.456 e. The van der Waals surface area contributed by atoms with Crippen molar-refractivity contribution in [2.24, 2.45) is 29.6 Å². The smallest absolute Gasteiger partial charge is 0.329 e. The number of nitrogens with zero attached hydrogens (tertiary/aromatic N) is 1. The minimum absolute atomic E-state index is 0.00988. The molecule has 2 bridgehead atoms. The monoisotopic (exact) mass is 803 g/mol. The van der Waals surface area contributed by atoms with Crippen molar-refractivity contribution in [2.75, 3.05) is 27.9 Å². The zero-order valence-electron chi connectivity index (χ0n) is 35.4. The number of piperidine rings is 1. The predicted molar refractivity (Wildman–Crippen MR) is 213 cm³/mol. The molecule has 0 radical (unpaired) electrons. The van der Waals surface area contributed by atoms with Gasteiger partial charge in [0.2, 0.25) is 5.79 Å². The lowest BCUT2D eigenvalue weighted by atomic mass is 9.81. The topological polar surface area (TPSA) is 178 Å². The SMILES string of the molecule is C=CCC1C=C(C)CC(C)CC(OC)C2OC(O)(C(=O)C(=O)N3CCCCC3C(=O)OC(C(C)=CC3CC[C@H](O)C(OC)C3)C(C)C(O)CC1=O)C(C)CC2OC. The lowest BCUT2D eigenvalue weighted by Gasteiger charge is -2.47. The molecule has 57 heavy (non-hydrogen) atoms. The second-order valence-electron chi connectivity index (χ2n) is 17.3. The van der Waals surface area contributed by atoms with E-state index in [4.69, 9.17) is 23.7 Å². The van der Waals surface area contributed by atoms with Gasteiger partial charge in [-0.15, -0.1) is 6.58 Å². The number of hydrogen-bond donors (Lipinski definition) is 3. The van der Waals surface area contributed by atoms with Crippen LogP contribution in [0.1, 0.15) is 105 Å². The normalized spacial score (nSPS) is 40.1. The van der Waals surface area contributed by atoms with Crippen LogP contribution < -0.4 is 0 Å². The van der Waals surface area contributed by atoms with Crippen LogP contribution in [-0.4, -0.2) is 126 Å². The average Bonchev–Trinajstić information content (AvgIpc) is 3.18. The Hall–Kier alpha value is -2.78. The lowest BCUT2D eigenvalue weighted by molar-refractivity contribution is -0.302. The number of carbonyl (C=O) groups excluding carboxylic acids is 4. The van der Waals surface area contributed by atoms with E-state index in [0.717, 1.165) is 5.57 Å². The number of fused-ring (bicyclic) bond motifs is 3. The molecule has 4 rings (SSSR count). The standard InChI is InChI=1S/C44H69NO12/c1-10-13-31-19-25(2)18-26(3)20-37(54-8)40-38(55-9)22-28(5)44(52,57-40)41(49)42(50)45-17-12-11-14-32(45)43(51)56-39(29(6)34(47)24-35(31)48)27(4)21-30-15-16-33(46)36(23-30)53-7/h10,19,21,26,28-34,36-40,46-47,52H,1,11-18,20,22-24H2,2-9H3/t26?,28?,29?,30?,31?,32?,33-,34?,36?,37?,38?,39?,40?,44?/m0/s1. The molecule has 3 N–H and O–H groups in total. The fourth-order valence-corrected chi connectivity index (χ4v) is 9.42. The van der Waals surface area contributed by atoms with Crippen LogP contribution in [0.25, 0.3) is 0 Å². The van der Waals surface area contributed by atoms with Crippen molar-refractivity contribution in [3.05, 3.63) is 36.0 Å². The van der Waals surface area contributed by atoms with Gasteiger partial charge in [0, 0.05) is 52.0 Å². The Morgan fingerprint density at radius 2 is 1.60 bits per heavy atom. The maximum absolute atomic E-state index is 14.3. The fraction of sp³-hybridized carbons (Fsp3) is 0.773. The lowest BCUT2D eigenvalue weighted by Crippen LogP contribution is -2.64. The molecule has 0 spiro atoms. The highest BCUT2D eigenvalue weighted by molar-refractivity contribution is 6.39. The summed E-state index contributed by atoms with van der Waals surface area (Å²) in [5.41, 5.74) is 1.61. The van der Waals surface area contributed by atoms with Crippen LogP contribution in [0.4, 0.5) is 0 Å². The van der Waals surface area contributed by atoms with Gasteiger partial charge in [-0.2, -0.15) is 0 Å². The van der Waals surface area contributed by atoms with Crippen LogP contribution in [0.5, 0.6) is 0 Å². The Labute approximate surface area is 339 Å². The molecule has 1 amide bonds. The first-order valence-electron chi connectivity index (χ1n) is 20.9. The van der Waals surface area contributed by atoms with E-state index in [9.17, 15) is 34.5 Å². The van der Waals surface area contributed by atoms with Gasteiger partial charge in [-0.05, 0) is 95.5 Å². The quantitative estimate of drug-likeness (QED) is 0.185. The summed E-state index contributed by atoms with van der Waals surface area (Å²) in [6.45, 7) is 13.1. The summed E-state index contributed by atoms with van der Waals surface area (Å²) in [5, 5.41) is 34.1. The molecule has 4 aliphatic rings. The molecule has 13 heteroatoms. The number of esters is 1. The van der Waals surface area contributed by atoms with Gasteiger partial charge < -0.3 is 43.9 Å². The third kappa shape index (κ3) is 11.3. The molecule has 322 valence electrons. The van der Waals surface area contributed by atoms with E-state index in [-0.39, 0.29) is 49.5 Å². The van der Waals surface area contributed by atoms with Gasteiger partial charge in [-0.25, -0.2) is 4.79 Å². The molecule has 0 aromatic heterocycles. The van der Waals surface area contributed by atoms with E-state index in [0.29, 0.717) is 56.9 Å². The van der Waals surface area contributed by atoms with E-state index < -0.39 is 83.9 Å². The summed E-state index contributed by atoms with van der Waals surface area (Å²) in [4.78, 5) is 57.8. The Morgan fingerprint density at radius 1 is 0.930 bits per heavy atom. The van der Waals surface area contributed by atoms with Gasteiger partial charge in [-0.3, -0.25) is 14.4 Å². The third-order valence-electron chi connectivity index (χ3n) is 12.9. The van der Waals surface area contributed by atoms with Crippen molar-refractivity contribution in [3.63, 3.8) is 0 Å². The molecule has 0 aromatic carbocycles. The summed E-state index contributed by atoms with van der Waals surface area (Å²) < 4.78 is 29.7. The van der Waals surface area contributed by atoms with Crippen molar-refractivity contribution in [1.29, 1.82) is 0 Å². The number of rotatable bonds is 7. The van der Waals surface area contributed by atoms with Crippen LogP contribution in [0.2, 0.25) is 0 Å². The molecule has 3 fully saturated rings. The first-order chi connectivity index (χ1) is 27.0. The average molecular weight is 804 g/mol. The van der Waals surface area contributed by atoms with E-state index in [1.807, 2.05) is 32.9 Å². The van der Waals surface area contributed by atoms with Crippen molar-refractivity contribution >= 4 is 23.4 Å². The van der Waals surface area contributed by atoms with Crippen molar-refractivity contribution in [2.45, 2.75) is 160 Å². The number of aliphatic hydroxyl groups is 3. The Kier molecular flexibility index (Phi) is 17.2. The fourth-order valence-electron chi connectivity index (χ4n) is 9.42. The predicted octanol–water partition coefficient (Wildman–Crippen LogP) is 4.64. The third-order valence-corrected chi connectivity index (χ3v) is 12.9. The molecule has 3 heterocycles. The zero-order valence-corrected chi connectivity index (χ0v) is 35.4. The number of aliphatic hydroxyl groups excluding tert-OH is 2. The number of amides is 1. The molecule has 13 nitrogen and oxygen atoms in total. The van der Waals surface area contributed by atoms with E-state index >= 15 is 0 Å². The number of cyclic esters (lactones) is 1. The van der Waals surface area contributed by atoms with Gasteiger partial charge in [0.15, 0.2) is 0 Å². The van der Waals surface area contributed by atoms with Gasteiger partial charge in [0.05, 0.1) is 30.5 Å². The van der Waals surface area contributed by atoms with E-state index in [1.54, 1.807) is 27.0 Å². The molecule has 0 aromatic rings. The van der Waals surface area contributed by atoms with Crippen molar-refractivity contribution in [3.8, 4) is 0 Å². The van der Waals surface area contributed by atoms with Crippen LogP contribution in [0, 0.1) is 29.6 Å². The van der Waals surface area contributed by atoms with E-state index in [2.05, 4.69) is 6.58 Å². The maximum Gasteiger partial charge on any atom is 0.329 e. The van der Waals surface area contributed by atoms with E-state index in [1.165, 1.54) is 19.1 Å². The Morgan fingerprint density at radius 3 is 2.25 bits per heavy atom. The molecular weight excluding hydrogens is 734 g/mol. The number of Topliss-reactive ketones (excluding diaryl/α,β-unsaturated/α-hetero) is 2. The molecule has 1 aliphatic carbocycles. The molecule has 1 saturated carbocycles. The summed E-state index contributed by atoms with van der Waals surface area (Å²) in [5.74, 6) is -7.76. The van der Waals surface area contributed by atoms with Gasteiger partial charge in [-0.1, -0.05) is 44.6 Å². The summed E-state index contributed by atoms with van der Waals surface area (Å²) in [7, 11) is 4.61. The number of methoxy groups -OCH3 is 3. The number of hydrogen-bond acceptors (Lipinski definition) is 12. The van der Waals surface area contributed by atoms with Gasteiger partial charge in [0.1, 0.15) is 24.0 Å². The number of ether oxygens (including phenoxy) is 5. The molecule has 3 aliphatic heterocycles. The minimum atomic E-state index is -2.51. The second kappa shape index (κ2) is 21.0. The summed E-state index contributed by atoms with van der Waals surface area (Å²) in [6, 6.07) is -1.14. The van der Waals surface area contributed by atoms with Crippen LogP contribution in [0.3, 0.4) is 0 Å². The largest absolute Gasteiger partial charge is 0.456 e. The molecule has 14 atom stereocenters. The molecule has 2 saturated heterocycles. The van der Waals surface area contributed by atoms with Crippen LogP contribution >= 0.6 is 0 Å². The highest BCUT2D eigenvalue weighted by Crippen LogP contribution is 2.39. The Bertz CT molecular complexity index is 1480. The second-order valence-corrected chi connectivity index (χ2v) is 17.3. The van der Waals surface area contributed by atoms with Crippen molar-refractivity contribution < 1.29 is 58.2 Å². The Balaban J connectivity index is 1.78. The first kappa shape index (κ1) is 46.9. The van der Waals surface area contributed by atoms with Gasteiger partial charge in [0.25, 0.3) is 11.7 Å². The highest BCUT2D eigenvalue weighted by Gasteiger charge is 2.56. The maximum atomic E-state index is 14.3. The first-order valence-corrected chi connectivity index (χ1v) is 20.9. The zero-order chi connectivity index (χ0) is 42.2. The highest BCUT2D eigenvalue weighted by atomic mass is 16.7. The van der Waals surface area contributed by atoms with Crippen LogP contribution in [0.15, 0.2) is 36.0 Å². The summed E-state index contributed by atoms with van der Waals surface area (Å²) in [6.07, 6.45) is 4.93. The van der Waals surface area contributed by atoms with Crippen molar-refractivity contribution in [1.82, 2.24) is 4.90 Å². The number of carbonyl (C=O) groups is 4. The summed E-state index contributed by atoms with van der Waals surface area (Å²) >= 11 is 0. The molecule has 13 unspecified atom stereocenters. The van der Waals surface area contributed by atoms with Crippen LogP contribution in [-0.2, 0) is 42.9 Å². The van der Waals surface area contributed by atoms with Gasteiger partial charge >= 0.3 is 5.97 Å². The molecular formula is C44H69NO12. The number of ketones is 2. The number of allylic oxidation sites excluding steroid dienone is 4.